The highest BCUT2D eigenvalue weighted by atomic mass is 16.5. The van der Waals surface area contributed by atoms with Crippen molar-refractivity contribution in [2.24, 2.45) is 5.73 Å². The fourth-order valence-electron chi connectivity index (χ4n) is 2.57. The molecule has 7 heteroatoms. The quantitative estimate of drug-likeness (QED) is 0.705. The first-order valence-electron chi connectivity index (χ1n) is 7.64. The molecule has 126 valence electrons. The maximum atomic E-state index is 12.4. The van der Waals surface area contributed by atoms with Gasteiger partial charge in [-0.2, -0.15) is 0 Å². The zero-order valence-corrected chi connectivity index (χ0v) is 13.4. The van der Waals surface area contributed by atoms with Crippen molar-refractivity contribution in [2.75, 3.05) is 20.3 Å². The minimum absolute atomic E-state index is 0.105. The van der Waals surface area contributed by atoms with Crippen LogP contribution in [0, 0.1) is 0 Å². The van der Waals surface area contributed by atoms with Crippen LogP contribution in [0.3, 0.4) is 0 Å². The molecule has 2 amide bonds. The molecule has 0 bridgehead atoms. The third-order valence-corrected chi connectivity index (χ3v) is 3.87. The number of hydrogen-bond acceptors (Lipinski definition) is 5. The Kier molecular flexibility index (Phi) is 5.81. The van der Waals surface area contributed by atoms with Crippen LogP contribution in [0.15, 0.2) is 18.2 Å². The van der Waals surface area contributed by atoms with Crippen molar-refractivity contribution < 1.29 is 19.1 Å². The first-order chi connectivity index (χ1) is 11.0. The predicted molar refractivity (Wildman–Crippen MR) is 85.6 cm³/mol. The number of nitrogens with two attached hydrogens (primary N) is 1. The maximum Gasteiger partial charge on any atom is 0.255 e. The molecular weight excluding hydrogens is 298 g/mol. The fourth-order valence-corrected chi connectivity index (χ4v) is 2.57. The number of primary amides is 1. The Bertz CT molecular complexity index is 576. The van der Waals surface area contributed by atoms with E-state index in [1.807, 2.05) is 0 Å². The second kappa shape index (κ2) is 7.82. The molecule has 0 radical (unpaired) electrons. The largest absolute Gasteiger partial charge is 0.493 e. The van der Waals surface area contributed by atoms with Crippen LogP contribution in [0.25, 0.3) is 0 Å². The molecule has 7 nitrogen and oxygen atoms in total. The van der Waals surface area contributed by atoms with Gasteiger partial charge in [-0.25, -0.2) is 0 Å². The average molecular weight is 321 g/mol. The third-order valence-electron chi connectivity index (χ3n) is 3.87. The summed E-state index contributed by atoms with van der Waals surface area (Å²) in [5.74, 6) is 0.0160. The van der Waals surface area contributed by atoms with Gasteiger partial charge in [-0.1, -0.05) is 0 Å². The van der Waals surface area contributed by atoms with Crippen LogP contribution in [0.1, 0.15) is 30.1 Å². The molecule has 1 heterocycles. The van der Waals surface area contributed by atoms with Crippen molar-refractivity contribution in [3.8, 4) is 11.5 Å². The summed E-state index contributed by atoms with van der Waals surface area (Å²) in [6, 6.07) is 5.17. The Morgan fingerprint density at radius 2 is 2.17 bits per heavy atom. The number of amides is 2. The van der Waals surface area contributed by atoms with Crippen LogP contribution in [0.4, 0.5) is 0 Å². The Balaban J connectivity index is 2.06. The lowest BCUT2D eigenvalue weighted by molar-refractivity contribution is -0.119. The molecule has 1 fully saturated rings. The van der Waals surface area contributed by atoms with Gasteiger partial charge >= 0.3 is 0 Å². The third kappa shape index (κ3) is 4.59. The van der Waals surface area contributed by atoms with Crippen molar-refractivity contribution >= 4 is 11.8 Å². The first-order valence-corrected chi connectivity index (χ1v) is 7.64. The van der Waals surface area contributed by atoms with Gasteiger partial charge in [0.15, 0.2) is 18.1 Å². The Hall–Kier alpha value is -2.28. The van der Waals surface area contributed by atoms with E-state index in [9.17, 15) is 9.59 Å². The van der Waals surface area contributed by atoms with Crippen LogP contribution >= 0.6 is 0 Å². The van der Waals surface area contributed by atoms with E-state index in [1.54, 1.807) is 18.2 Å². The summed E-state index contributed by atoms with van der Waals surface area (Å²) in [6.07, 6.45) is 2.00. The molecule has 0 saturated carbocycles. The summed E-state index contributed by atoms with van der Waals surface area (Å²) in [5, 5.41) is 6.38. The molecule has 1 aliphatic heterocycles. The van der Waals surface area contributed by atoms with Gasteiger partial charge in [0.1, 0.15) is 0 Å². The number of carbonyl (C=O) groups is 2. The van der Waals surface area contributed by atoms with Crippen molar-refractivity contribution in [3.63, 3.8) is 0 Å². The maximum absolute atomic E-state index is 12.4. The van der Waals surface area contributed by atoms with Gasteiger partial charge in [0.2, 0.25) is 0 Å². The predicted octanol–water partition coefficient (Wildman–Crippen LogP) is 0.430. The Labute approximate surface area is 135 Å². The lowest BCUT2D eigenvalue weighted by Crippen LogP contribution is -2.51. The number of nitrogens with one attached hydrogen (secondary N) is 2. The molecule has 1 saturated heterocycles. The minimum Gasteiger partial charge on any atom is -0.493 e. The van der Waals surface area contributed by atoms with E-state index in [4.69, 9.17) is 15.2 Å². The van der Waals surface area contributed by atoms with E-state index in [0.717, 1.165) is 19.4 Å². The van der Waals surface area contributed by atoms with Gasteiger partial charge in [-0.05, 0) is 44.5 Å². The monoisotopic (exact) mass is 321 g/mol. The summed E-state index contributed by atoms with van der Waals surface area (Å²) >= 11 is 0. The molecule has 2 unspecified atom stereocenters. The molecular formula is C16H23N3O4. The van der Waals surface area contributed by atoms with Crippen LogP contribution in [0.5, 0.6) is 11.5 Å². The van der Waals surface area contributed by atoms with Gasteiger partial charge in [0, 0.05) is 17.6 Å². The molecule has 2 atom stereocenters. The lowest BCUT2D eigenvalue weighted by atomic mass is 9.99. The summed E-state index contributed by atoms with van der Waals surface area (Å²) in [7, 11) is 1.47. The highest BCUT2D eigenvalue weighted by molar-refractivity contribution is 5.95. The van der Waals surface area contributed by atoms with E-state index in [2.05, 4.69) is 17.6 Å². The molecule has 1 aliphatic rings. The second-order valence-electron chi connectivity index (χ2n) is 5.59. The van der Waals surface area contributed by atoms with E-state index in [1.165, 1.54) is 7.11 Å². The normalized spacial score (nSPS) is 20.6. The van der Waals surface area contributed by atoms with Crippen molar-refractivity contribution in [3.05, 3.63) is 23.8 Å². The Morgan fingerprint density at radius 3 is 2.83 bits per heavy atom. The van der Waals surface area contributed by atoms with E-state index in [0.29, 0.717) is 17.1 Å². The van der Waals surface area contributed by atoms with E-state index in [-0.39, 0.29) is 24.6 Å². The number of carbonyl (C=O) groups excluding carboxylic acids is 2. The summed E-state index contributed by atoms with van der Waals surface area (Å²) in [6.45, 7) is 2.80. The summed E-state index contributed by atoms with van der Waals surface area (Å²) in [4.78, 5) is 23.2. The van der Waals surface area contributed by atoms with Crippen molar-refractivity contribution in [1.82, 2.24) is 10.6 Å². The van der Waals surface area contributed by atoms with Crippen LogP contribution in [-0.4, -0.2) is 44.2 Å². The van der Waals surface area contributed by atoms with Crippen LogP contribution in [-0.2, 0) is 4.79 Å². The SMILES string of the molecule is COc1cc(C(=O)NC2CCCNC2C)ccc1OCC(N)=O. The van der Waals surface area contributed by atoms with Gasteiger partial charge < -0.3 is 25.8 Å². The van der Waals surface area contributed by atoms with E-state index < -0.39 is 5.91 Å². The van der Waals surface area contributed by atoms with Crippen LogP contribution in [0.2, 0.25) is 0 Å². The number of piperidine rings is 1. The molecule has 0 aromatic heterocycles. The number of benzene rings is 1. The number of methoxy groups -OCH3 is 1. The fraction of sp³-hybridized carbons (Fsp3) is 0.500. The zero-order chi connectivity index (χ0) is 16.8. The molecule has 0 aliphatic carbocycles. The van der Waals surface area contributed by atoms with E-state index >= 15 is 0 Å². The van der Waals surface area contributed by atoms with Crippen molar-refractivity contribution in [2.45, 2.75) is 31.8 Å². The molecule has 23 heavy (non-hydrogen) atoms. The molecule has 1 aromatic carbocycles. The smallest absolute Gasteiger partial charge is 0.255 e. The highest BCUT2D eigenvalue weighted by Gasteiger charge is 2.23. The van der Waals surface area contributed by atoms with Gasteiger partial charge in [-0.15, -0.1) is 0 Å². The molecule has 1 aromatic rings. The second-order valence-corrected chi connectivity index (χ2v) is 5.59. The van der Waals surface area contributed by atoms with Crippen molar-refractivity contribution in [1.29, 1.82) is 0 Å². The van der Waals surface area contributed by atoms with Gasteiger partial charge in [0.25, 0.3) is 11.8 Å². The lowest BCUT2D eigenvalue weighted by Gasteiger charge is -2.30. The highest BCUT2D eigenvalue weighted by Crippen LogP contribution is 2.28. The number of rotatable bonds is 6. The first kappa shape index (κ1) is 17.1. The topological polar surface area (TPSA) is 103 Å². The standard InChI is InChI=1S/C16H23N3O4/c1-10-12(4-3-7-18-10)19-16(21)11-5-6-13(14(8-11)22-2)23-9-15(17)20/h5-6,8,10,12,18H,3-4,7,9H2,1-2H3,(H2,17,20)(H,19,21). The number of hydrogen-bond donors (Lipinski definition) is 3. The molecule has 4 N–H and O–H groups in total. The van der Waals surface area contributed by atoms with Gasteiger partial charge in [0.05, 0.1) is 7.11 Å². The van der Waals surface area contributed by atoms with Crippen LogP contribution < -0.4 is 25.8 Å². The van der Waals surface area contributed by atoms with Gasteiger partial charge in [-0.3, -0.25) is 9.59 Å². The molecule has 2 rings (SSSR count). The number of ether oxygens (including phenoxy) is 2. The summed E-state index contributed by atoms with van der Waals surface area (Å²) < 4.78 is 10.5. The average Bonchev–Trinajstić information content (AvgIpc) is 2.54. The minimum atomic E-state index is -0.576. The zero-order valence-electron chi connectivity index (χ0n) is 13.4. The Morgan fingerprint density at radius 1 is 1.39 bits per heavy atom. The molecule has 0 spiro atoms. The summed E-state index contributed by atoms with van der Waals surface area (Å²) in [5.41, 5.74) is 5.53.